The molecule has 0 bridgehead atoms. The second-order valence-corrected chi connectivity index (χ2v) is 8.35. The number of hydrogen-bond donors (Lipinski definition) is 1. The molecular formula is C11H22IN3O2S2. The topological polar surface area (TPSA) is 75.8 Å². The number of guanidine groups is 1. The van der Waals surface area contributed by atoms with Crippen LogP contribution < -0.4 is 5.73 Å². The van der Waals surface area contributed by atoms with E-state index in [0.29, 0.717) is 24.2 Å². The minimum atomic E-state index is -2.93. The van der Waals surface area contributed by atoms with Gasteiger partial charge in [-0.25, -0.2) is 8.42 Å². The van der Waals surface area contributed by atoms with Crippen molar-refractivity contribution >= 4 is 51.5 Å². The minimum Gasteiger partial charge on any atom is -0.370 e. The molecule has 0 amide bonds. The molecule has 0 atom stereocenters. The summed E-state index contributed by atoms with van der Waals surface area (Å²) in [4.78, 5) is 6.22. The number of nitrogens with zero attached hydrogens (tertiary/aromatic N) is 2. The molecule has 112 valence electrons. The highest BCUT2D eigenvalue weighted by molar-refractivity contribution is 14.0. The highest BCUT2D eigenvalue weighted by atomic mass is 127. The summed E-state index contributed by atoms with van der Waals surface area (Å²) in [6, 6.07) is 0. The summed E-state index contributed by atoms with van der Waals surface area (Å²) in [6.45, 7) is 2.12. The monoisotopic (exact) mass is 419 g/mol. The van der Waals surface area contributed by atoms with Crippen LogP contribution in [0.2, 0.25) is 0 Å². The van der Waals surface area contributed by atoms with E-state index in [-0.39, 0.29) is 29.7 Å². The molecule has 8 heteroatoms. The van der Waals surface area contributed by atoms with Crippen LogP contribution in [0.5, 0.6) is 0 Å². The van der Waals surface area contributed by atoms with Gasteiger partial charge in [0, 0.05) is 24.6 Å². The van der Waals surface area contributed by atoms with Gasteiger partial charge in [-0.1, -0.05) is 0 Å². The average molecular weight is 419 g/mol. The molecule has 1 saturated heterocycles. The normalized spacial score (nSPS) is 21.1. The maximum Gasteiger partial charge on any atom is 0.191 e. The zero-order valence-electron chi connectivity index (χ0n) is 11.0. The number of thioether (sulfide) groups is 1. The Morgan fingerprint density at radius 3 is 2.53 bits per heavy atom. The Labute approximate surface area is 136 Å². The molecule has 2 N–H and O–H groups in total. The fraction of sp³-hybridized carbons (Fsp3) is 0.909. The van der Waals surface area contributed by atoms with E-state index >= 15 is 0 Å². The van der Waals surface area contributed by atoms with Crippen molar-refractivity contribution in [2.75, 3.05) is 42.6 Å². The molecule has 0 aromatic carbocycles. The van der Waals surface area contributed by atoms with Crippen LogP contribution >= 0.6 is 35.7 Å². The lowest BCUT2D eigenvalue weighted by molar-refractivity contribution is 0.456. The Bertz CT molecular complexity index is 404. The summed E-state index contributed by atoms with van der Waals surface area (Å²) < 4.78 is 23.4. The van der Waals surface area contributed by atoms with Gasteiger partial charge in [0.15, 0.2) is 15.8 Å². The van der Waals surface area contributed by atoms with Gasteiger partial charge in [-0.05, 0) is 18.8 Å². The molecule has 0 aromatic rings. The summed E-state index contributed by atoms with van der Waals surface area (Å²) in [5.41, 5.74) is 5.86. The first-order valence-electron chi connectivity index (χ1n) is 6.40. The molecule has 2 rings (SSSR count). The van der Waals surface area contributed by atoms with Gasteiger partial charge in [0.1, 0.15) is 0 Å². The first kappa shape index (κ1) is 17.4. The number of hydrogen-bond acceptors (Lipinski definition) is 4. The number of nitrogens with two attached hydrogens (primary N) is 1. The lowest BCUT2D eigenvalue weighted by Crippen LogP contribution is -2.42. The van der Waals surface area contributed by atoms with E-state index in [9.17, 15) is 8.42 Å². The zero-order valence-corrected chi connectivity index (χ0v) is 14.9. The molecule has 0 radical (unpaired) electrons. The van der Waals surface area contributed by atoms with E-state index in [2.05, 4.69) is 4.99 Å². The molecule has 1 aliphatic carbocycles. The average Bonchev–Trinajstić information content (AvgIpc) is 3.13. The van der Waals surface area contributed by atoms with Crippen molar-refractivity contribution in [3.63, 3.8) is 0 Å². The maximum absolute atomic E-state index is 11.7. The number of rotatable bonds is 5. The van der Waals surface area contributed by atoms with Crippen molar-refractivity contribution in [2.24, 2.45) is 16.6 Å². The van der Waals surface area contributed by atoms with E-state index in [4.69, 9.17) is 5.73 Å². The third-order valence-corrected chi connectivity index (χ3v) is 5.92. The van der Waals surface area contributed by atoms with Gasteiger partial charge < -0.3 is 10.6 Å². The summed E-state index contributed by atoms with van der Waals surface area (Å²) >= 11 is 1.91. The lowest BCUT2D eigenvalue weighted by Gasteiger charge is -2.27. The molecule has 0 aromatic heterocycles. The van der Waals surface area contributed by atoms with Crippen LogP contribution in [0.3, 0.4) is 0 Å². The standard InChI is InChI=1S/C11H21N3O2S2.HI/c12-11(14-4-6-17-7-5-14)13-3-8-18(15,16)9-10-1-2-10;/h10H,1-9H2,(H2,12,13);1H. The van der Waals surface area contributed by atoms with E-state index in [0.717, 1.165) is 37.4 Å². The summed E-state index contributed by atoms with van der Waals surface area (Å²) in [6.07, 6.45) is 2.13. The van der Waals surface area contributed by atoms with E-state index in [1.54, 1.807) is 0 Å². The Kier molecular flexibility index (Phi) is 7.23. The molecule has 1 heterocycles. The van der Waals surface area contributed by atoms with Crippen LogP contribution in [0.4, 0.5) is 0 Å². The maximum atomic E-state index is 11.7. The number of halogens is 1. The first-order chi connectivity index (χ1) is 8.57. The molecule has 2 aliphatic rings. The first-order valence-corrected chi connectivity index (χ1v) is 9.37. The Balaban J connectivity index is 0.00000180. The summed E-state index contributed by atoms with van der Waals surface area (Å²) in [7, 11) is -2.93. The van der Waals surface area contributed by atoms with Crippen molar-refractivity contribution in [3.05, 3.63) is 0 Å². The fourth-order valence-electron chi connectivity index (χ4n) is 1.92. The van der Waals surface area contributed by atoms with Gasteiger partial charge in [0.2, 0.25) is 0 Å². The van der Waals surface area contributed by atoms with Crippen LogP contribution in [-0.4, -0.2) is 61.9 Å². The predicted molar refractivity (Wildman–Crippen MR) is 92.2 cm³/mol. The molecule has 2 fully saturated rings. The Morgan fingerprint density at radius 2 is 1.95 bits per heavy atom. The molecule has 5 nitrogen and oxygen atoms in total. The molecule has 19 heavy (non-hydrogen) atoms. The smallest absolute Gasteiger partial charge is 0.191 e. The van der Waals surface area contributed by atoms with Gasteiger partial charge in [-0.2, -0.15) is 11.8 Å². The van der Waals surface area contributed by atoms with Crippen LogP contribution in [0.15, 0.2) is 4.99 Å². The molecular weight excluding hydrogens is 397 g/mol. The van der Waals surface area contributed by atoms with Gasteiger partial charge >= 0.3 is 0 Å². The quantitative estimate of drug-likeness (QED) is 0.405. The lowest BCUT2D eigenvalue weighted by atomic mass is 10.5. The minimum absolute atomic E-state index is 0. The second kappa shape index (κ2) is 7.92. The summed E-state index contributed by atoms with van der Waals surface area (Å²) in [5.74, 6) is 3.51. The van der Waals surface area contributed by atoms with Crippen LogP contribution in [0.25, 0.3) is 0 Å². The van der Waals surface area contributed by atoms with Gasteiger partial charge in [0.25, 0.3) is 0 Å². The second-order valence-electron chi connectivity index (χ2n) is 4.90. The van der Waals surface area contributed by atoms with E-state index in [1.807, 2.05) is 16.7 Å². The van der Waals surface area contributed by atoms with Crippen LogP contribution in [-0.2, 0) is 9.84 Å². The third-order valence-electron chi connectivity index (χ3n) is 3.20. The highest BCUT2D eigenvalue weighted by Crippen LogP contribution is 2.30. The zero-order chi connectivity index (χ0) is 13.0. The SMILES string of the molecule is I.NC(=NCCS(=O)(=O)CC1CC1)N1CCSCC1. The van der Waals surface area contributed by atoms with Gasteiger partial charge in [-0.15, -0.1) is 24.0 Å². The number of sulfone groups is 1. The molecule has 0 unspecified atom stereocenters. The Hall–Kier alpha value is 0.300. The molecule has 1 aliphatic heterocycles. The molecule has 1 saturated carbocycles. The van der Waals surface area contributed by atoms with E-state index < -0.39 is 9.84 Å². The largest absolute Gasteiger partial charge is 0.370 e. The fourth-order valence-corrected chi connectivity index (χ4v) is 4.41. The van der Waals surface area contributed by atoms with Gasteiger partial charge in [0.05, 0.1) is 18.1 Å². The van der Waals surface area contributed by atoms with Crippen molar-refractivity contribution in [1.82, 2.24) is 4.90 Å². The summed E-state index contributed by atoms with van der Waals surface area (Å²) in [5, 5.41) is 0. The van der Waals surface area contributed by atoms with Gasteiger partial charge in [-0.3, -0.25) is 4.99 Å². The third kappa shape index (κ3) is 6.52. The van der Waals surface area contributed by atoms with Crippen molar-refractivity contribution in [2.45, 2.75) is 12.8 Å². The predicted octanol–water partition coefficient (Wildman–Crippen LogP) is 0.793. The van der Waals surface area contributed by atoms with Crippen LogP contribution in [0, 0.1) is 5.92 Å². The molecule has 0 spiro atoms. The van der Waals surface area contributed by atoms with E-state index in [1.165, 1.54) is 0 Å². The Morgan fingerprint density at radius 1 is 1.32 bits per heavy atom. The van der Waals surface area contributed by atoms with Crippen molar-refractivity contribution in [1.29, 1.82) is 0 Å². The number of aliphatic imine (C=N–C) groups is 1. The van der Waals surface area contributed by atoms with Crippen molar-refractivity contribution in [3.8, 4) is 0 Å². The van der Waals surface area contributed by atoms with Crippen molar-refractivity contribution < 1.29 is 8.42 Å². The highest BCUT2D eigenvalue weighted by Gasteiger charge is 2.27. The van der Waals surface area contributed by atoms with Crippen LogP contribution in [0.1, 0.15) is 12.8 Å².